The van der Waals surface area contributed by atoms with Gasteiger partial charge in [-0.3, -0.25) is 4.90 Å². The number of methoxy groups -OCH3 is 2. The standard InChI is InChI=1S/C22H30N2O4/c1-26-21-8-9-22(27-2)18(14-21)16-28-17-20(25)15-23-10-12-24(13-11-23)19-6-4-3-5-7-19/h3-9,14,20,25H,10-13,15-17H2,1-2H3. The molecule has 0 amide bonds. The first-order valence-electron chi connectivity index (χ1n) is 9.68. The van der Waals surface area contributed by atoms with Crippen LogP contribution in [0.3, 0.4) is 0 Å². The zero-order valence-corrected chi connectivity index (χ0v) is 16.7. The predicted octanol–water partition coefficient (Wildman–Crippen LogP) is 2.40. The summed E-state index contributed by atoms with van der Waals surface area (Å²) in [7, 11) is 3.27. The number of nitrogens with zero attached hydrogens (tertiary/aromatic N) is 2. The van der Waals surface area contributed by atoms with Crippen LogP contribution in [0.1, 0.15) is 5.56 Å². The van der Waals surface area contributed by atoms with E-state index in [0.29, 0.717) is 19.8 Å². The molecule has 1 N–H and O–H groups in total. The van der Waals surface area contributed by atoms with Gasteiger partial charge in [-0.05, 0) is 30.3 Å². The summed E-state index contributed by atoms with van der Waals surface area (Å²) in [5.74, 6) is 1.52. The molecule has 0 bridgehead atoms. The molecular formula is C22H30N2O4. The van der Waals surface area contributed by atoms with Crippen molar-refractivity contribution in [1.29, 1.82) is 0 Å². The van der Waals surface area contributed by atoms with E-state index in [1.54, 1.807) is 14.2 Å². The summed E-state index contributed by atoms with van der Waals surface area (Å²) in [6, 6.07) is 16.1. The fourth-order valence-corrected chi connectivity index (χ4v) is 3.48. The normalized spacial score (nSPS) is 16.0. The molecule has 0 saturated carbocycles. The molecule has 0 aromatic heterocycles. The van der Waals surface area contributed by atoms with Gasteiger partial charge in [-0.25, -0.2) is 0 Å². The molecule has 6 nitrogen and oxygen atoms in total. The summed E-state index contributed by atoms with van der Waals surface area (Å²) in [6.45, 7) is 5.11. The topological polar surface area (TPSA) is 54.4 Å². The predicted molar refractivity (Wildman–Crippen MR) is 110 cm³/mol. The molecule has 2 aromatic rings. The van der Waals surface area contributed by atoms with Crippen LogP contribution in [-0.2, 0) is 11.3 Å². The fourth-order valence-electron chi connectivity index (χ4n) is 3.48. The molecule has 3 rings (SSSR count). The Hall–Kier alpha value is -2.28. The number of aliphatic hydroxyl groups excluding tert-OH is 1. The molecule has 1 unspecified atom stereocenters. The van der Waals surface area contributed by atoms with E-state index in [0.717, 1.165) is 43.2 Å². The van der Waals surface area contributed by atoms with Crippen LogP contribution in [0.4, 0.5) is 5.69 Å². The highest BCUT2D eigenvalue weighted by Crippen LogP contribution is 2.24. The van der Waals surface area contributed by atoms with Crippen LogP contribution in [0.2, 0.25) is 0 Å². The van der Waals surface area contributed by atoms with Crippen molar-refractivity contribution in [3.05, 3.63) is 54.1 Å². The number of para-hydroxylation sites is 1. The lowest BCUT2D eigenvalue weighted by atomic mass is 10.2. The first kappa shape index (κ1) is 20.5. The SMILES string of the molecule is COc1ccc(OC)c(COCC(O)CN2CCN(c3ccccc3)CC2)c1. The molecule has 1 aliphatic heterocycles. The third kappa shape index (κ3) is 5.61. The second-order valence-corrected chi connectivity index (χ2v) is 6.97. The number of rotatable bonds is 9. The van der Waals surface area contributed by atoms with Gasteiger partial charge in [0, 0.05) is 44.0 Å². The minimum Gasteiger partial charge on any atom is -0.497 e. The minimum absolute atomic E-state index is 0.291. The lowest BCUT2D eigenvalue weighted by molar-refractivity contribution is 0.00862. The third-order valence-electron chi connectivity index (χ3n) is 5.02. The smallest absolute Gasteiger partial charge is 0.124 e. The van der Waals surface area contributed by atoms with Gasteiger partial charge in [0.1, 0.15) is 11.5 Å². The average molecular weight is 386 g/mol. The number of benzene rings is 2. The van der Waals surface area contributed by atoms with E-state index >= 15 is 0 Å². The van der Waals surface area contributed by atoms with E-state index in [9.17, 15) is 5.11 Å². The molecular weight excluding hydrogens is 356 g/mol. The van der Waals surface area contributed by atoms with Gasteiger partial charge in [-0.2, -0.15) is 0 Å². The molecule has 1 saturated heterocycles. The van der Waals surface area contributed by atoms with Crippen LogP contribution in [0, 0.1) is 0 Å². The third-order valence-corrected chi connectivity index (χ3v) is 5.02. The second kappa shape index (κ2) is 10.3. The first-order chi connectivity index (χ1) is 13.7. The van der Waals surface area contributed by atoms with Crippen molar-refractivity contribution in [1.82, 2.24) is 4.90 Å². The maximum atomic E-state index is 10.4. The van der Waals surface area contributed by atoms with Crippen molar-refractivity contribution >= 4 is 5.69 Å². The number of hydrogen-bond acceptors (Lipinski definition) is 6. The molecule has 2 aromatic carbocycles. The lowest BCUT2D eigenvalue weighted by Gasteiger charge is -2.36. The van der Waals surface area contributed by atoms with Gasteiger partial charge in [-0.1, -0.05) is 18.2 Å². The van der Waals surface area contributed by atoms with Gasteiger partial charge in [0.05, 0.1) is 33.5 Å². The van der Waals surface area contributed by atoms with E-state index < -0.39 is 6.10 Å². The highest BCUT2D eigenvalue weighted by molar-refractivity contribution is 5.46. The summed E-state index contributed by atoms with van der Waals surface area (Å²) in [5, 5.41) is 10.4. The number of aliphatic hydroxyl groups is 1. The fraction of sp³-hybridized carbons (Fsp3) is 0.455. The van der Waals surface area contributed by atoms with E-state index in [-0.39, 0.29) is 0 Å². The number of anilines is 1. The molecule has 1 aliphatic rings. The Morgan fingerprint density at radius 1 is 0.964 bits per heavy atom. The molecule has 1 atom stereocenters. The zero-order valence-electron chi connectivity index (χ0n) is 16.7. The van der Waals surface area contributed by atoms with Crippen molar-refractivity contribution in [2.24, 2.45) is 0 Å². The maximum absolute atomic E-state index is 10.4. The Balaban J connectivity index is 1.40. The Labute approximate surface area is 167 Å². The average Bonchev–Trinajstić information content (AvgIpc) is 2.74. The van der Waals surface area contributed by atoms with E-state index in [1.807, 2.05) is 24.3 Å². The van der Waals surface area contributed by atoms with Crippen LogP contribution in [-0.4, -0.2) is 69.7 Å². The van der Waals surface area contributed by atoms with Gasteiger partial charge in [0.25, 0.3) is 0 Å². The second-order valence-electron chi connectivity index (χ2n) is 6.97. The van der Waals surface area contributed by atoms with Crippen molar-refractivity contribution < 1.29 is 19.3 Å². The van der Waals surface area contributed by atoms with Crippen LogP contribution in [0.15, 0.2) is 48.5 Å². The van der Waals surface area contributed by atoms with Gasteiger partial charge in [0.2, 0.25) is 0 Å². The molecule has 0 radical (unpaired) electrons. The van der Waals surface area contributed by atoms with Crippen LogP contribution in [0.25, 0.3) is 0 Å². The van der Waals surface area contributed by atoms with Gasteiger partial charge < -0.3 is 24.2 Å². The van der Waals surface area contributed by atoms with E-state index in [1.165, 1.54) is 5.69 Å². The highest BCUT2D eigenvalue weighted by atomic mass is 16.5. The minimum atomic E-state index is -0.514. The molecule has 0 spiro atoms. The Morgan fingerprint density at radius 2 is 1.71 bits per heavy atom. The molecule has 0 aliphatic carbocycles. The molecule has 6 heteroatoms. The van der Waals surface area contributed by atoms with E-state index in [2.05, 4.69) is 34.1 Å². The van der Waals surface area contributed by atoms with Crippen molar-refractivity contribution in [2.45, 2.75) is 12.7 Å². The molecule has 152 valence electrons. The quantitative estimate of drug-likeness (QED) is 0.714. The largest absolute Gasteiger partial charge is 0.497 e. The molecule has 1 fully saturated rings. The number of β-amino-alcohol motifs (C(OH)–C–C–N with tert-alkyl or cyclic N) is 1. The lowest BCUT2D eigenvalue weighted by Crippen LogP contribution is -2.49. The molecule has 28 heavy (non-hydrogen) atoms. The summed E-state index contributed by atoms with van der Waals surface area (Å²) >= 11 is 0. The number of ether oxygens (including phenoxy) is 3. The van der Waals surface area contributed by atoms with Crippen molar-refractivity contribution in [3.8, 4) is 11.5 Å². The summed E-state index contributed by atoms with van der Waals surface area (Å²) < 4.78 is 16.3. The summed E-state index contributed by atoms with van der Waals surface area (Å²) in [5.41, 5.74) is 2.17. The first-order valence-corrected chi connectivity index (χ1v) is 9.68. The summed E-state index contributed by atoms with van der Waals surface area (Å²) in [4.78, 5) is 4.67. The zero-order chi connectivity index (χ0) is 19.8. The van der Waals surface area contributed by atoms with Crippen molar-refractivity contribution in [3.63, 3.8) is 0 Å². The van der Waals surface area contributed by atoms with Crippen LogP contribution in [0.5, 0.6) is 11.5 Å². The molecule has 1 heterocycles. The monoisotopic (exact) mass is 386 g/mol. The van der Waals surface area contributed by atoms with Gasteiger partial charge in [-0.15, -0.1) is 0 Å². The van der Waals surface area contributed by atoms with Crippen molar-refractivity contribution in [2.75, 3.05) is 58.5 Å². The number of piperazine rings is 1. The Kier molecular flexibility index (Phi) is 7.54. The van der Waals surface area contributed by atoms with Crippen LogP contribution >= 0.6 is 0 Å². The maximum Gasteiger partial charge on any atom is 0.124 e. The number of hydrogen-bond donors (Lipinski definition) is 1. The highest BCUT2D eigenvalue weighted by Gasteiger charge is 2.19. The Morgan fingerprint density at radius 3 is 2.39 bits per heavy atom. The van der Waals surface area contributed by atoms with Gasteiger partial charge >= 0.3 is 0 Å². The Bertz CT molecular complexity index is 718. The van der Waals surface area contributed by atoms with Crippen LogP contribution < -0.4 is 14.4 Å². The summed E-state index contributed by atoms with van der Waals surface area (Å²) in [6.07, 6.45) is -0.514. The van der Waals surface area contributed by atoms with Gasteiger partial charge in [0.15, 0.2) is 0 Å². The van der Waals surface area contributed by atoms with E-state index in [4.69, 9.17) is 14.2 Å².